The van der Waals surface area contributed by atoms with Crippen LogP contribution in [0.2, 0.25) is 0 Å². The van der Waals surface area contributed by atoms with Crippen molar-refractivity contribution in [1.29, 1.82) is 0 Å². The third-order valence-corrected chi connectivity index (χ3v) is 4.19. The number of hydrogen-bond acceptors (Lipinski definition) is 0. The second-order valence-corrected chi connectivity index (χ2v) is 5.86. The quantitative estimate of drug-likeness (QED) is 0.472. The molecule has 0 aliphatic heterocycles. The van der Waals surface area contributed by atoms with Crippen molar-refractivity contribution in [3.63, 3.8) is 0 Å². The summed E-state index contributed by atoms with van der Waals surface area (Å²) in [6.07, 6.45) is 0. The maximum atomic E-state index is 3.09. The number of rotatable bonds is 1. The van der Waals surface area contributed by atoms with Gasteiger partial charge in [-0.1, -0.05) is 0 Å². The molecule has 1 radical (unpaired) electrons. The molecule has 0 aliphatic carbocycles. The fraction of sp³-hybridized carbons (Fsp3) is 0. The molecule has 3 aromatic carbocycles. The Hall–Kier alpha value is -2.02. The average molecular weight is 321 g/mol. The SMILES string of the molecule is [Se]c1cccc(-n2c3ccccc3c3ccccc32)c1. The number of aromatic nitrogens is 1. The molecule has 0 atom stereocenters. The normalized spacial score (nSPS) is 11.2. The number of hydrogen-bond donors (Lipinski definition) is 0. The van der Waals surface area contributed by atoms with E-state index in [1.807, 2.05) is 0 Å². The maximum absolute atomic E-state index is 3.09. The van der Waals surface area contributed by atoms with Gasteiger partial charge in [-0.05, 0) is 0 Å². The van der Waals surface area contributed by atoms with Crippen molar-refractivity contribution in [2.45, 2.75) is 0 Å². The van der Waals surface area contributed by atoms with Crippen LogP contribution in [0.1, 0.15) is 0 Å². The van der Waals surface area contributed by atoms with Crippen LogP contribution in [0, 0.1) is 0 Å². The van der Waals surface area contributed by atoms with Crippen LogP contribution in [0.4, 0.5) is 0 Å². The topological polar surface area (TPSA) is 4.93 Å². The number of nitrogens with zero attached hydrogens (tertiary/aromatic N) is 1. The third kappa shape index (κ3) is 1.70. The monoisotopic (exact) mass is 322 g/mol. The molecule has 20 heavy (non-hydrogen) atoms. The van der Waals surface area contributed by atoms with E-state index in [0.717, 1.165) is 4.46 Å². The summed E-state index contributed by atoms with van der Waals surface area (Å²) in [7, 11) is 0. The van der Waals surface area contributed by atoms with Crippen LogP contribution in [-0.2, 0) is 0 Å². The molecule has 0 unspecified atom stereocenters. The fourth-order valence-corrected chi connectivity index (χ4v) is 3.24. The average Bonchev–Trinajstić information content (AvgIpc) is 2.82. The van der Waals surface area contributed by atoms with Gasteiger partial charge in [0.15, 0.2) is 0 Å². The Bertz CT molecular complexity index is 868. The summed E-state index contributed by atoms with van der Waals surface area (Å²) < 4.78 is 3.48. The molecule has 0 spiro atoms. The zero-order valence-corrected chi connectivity index (χ0v) is 12.5. The molecule has 0 bridgehead atoms. The fourth-order valence-electron chi connectivity index (χ4n) is 2.82. The first-order valence-corrected chi connectivity index (χ1v) is 7.46. The molecule has 4 aromatic rings. The van der Waals surface area contributed by atoms with Gasteiger partial charge in [0.05, 0.1) is 0 Å². The summed E-state index contributed by atoms with van der Waals surface area (Å²) in [5, 5.41) is 2.60. The van der Waals surface area contributed by atoms with Gasteiger partial charge in [-0.3, -0.25) is 0 Å². The van der Waals surface area contributed by atoms with Gasteiger partial charge in [0.25, 0.3) is 0 Å². The predicted octanol–water partition coefficient (Wildman–Crippen LogP) is 3.58. The van der Waals surface area contributed by atoms with E-state index in [9.17, 15) is 0 Å². The van der Waals surface area contributed by atoms with E-state index in [1.54, 1.807) is 0 Å². The van der Waals surface area contributed by atoms with Gasteiger partial charge in [-0.15, -0.1) is 0 Å². The van der Waals surface area contributed by atoms with Crippen molar-refractivity contribution in [1.82, 2.24) is 4.57 Å². The zero-order chi connectivity index (χ0) is 13.5. The van der Waals surface area contributed by atoms with Crippen molar-refractivity contribution < 1.29 is 0 Å². The first-order valence-electron chi connectivity index (χ1n) is 6.60. The molecule has 0 aliphatic rings. The van der Waals surface area contributed by atoms with E-state index in [0.29, 0.717) is 0 Å². The third-order valence-electron chi connectivity index (χ3n) is 3.66. The molecule has 2 heteroatoms. The van der Waals surface area contributed by atoms with Crippen LogP contribution in [0.5, 0.6) is 0 Å². The molecule has 0 N–H and O–H groups in total. The Kier molecular flexibility index (Phi) is 2.66. The molecule has 95 valence electrons. The molecular weight excluding hydrogens is 309 g/mol. The standard InChI is InChI=1S/C18H12NSe/c20-14-7-5-6-13(12-14)19-17-10-3-1-8-15(17)16-9-2-4-11-18(16)19/h1-12H. The molecule has 0 saturated carbocycles. The van der Waals surface area contributed by atoms with Gasteiger partial charge >= 0.3 is 125 Å². The van der Waals surface area contributed by atoms with Crippen molar-refractivity contribution in [3.8, 4) is 5.69 Å². The summed E-state index contributed by atoms with van der Waals surface area (Å²) in [5.41, 5.74) is 3.69. The summed E-state index contributed by atoms with van der Waals surface area (Å²) in [6.45, 7) is 0. The Morgan fingerprint density at radius 1 is 0.650 bits per heavy atom. The van der Waals surface area contributed by atoms with Crippen molar-refractivity contribution >= 4 is 42.3 Å². The van der Waals surface area contributed by atoms with Crippen molar-refractivity contribution in [3.05, 3.63) is 72.8 Å². The molecule has 1 aromatic heterocycles. The zero-order valence-electron chi connectivity index (χ0n) is 10.8. The van der Waals surface area contributed by atoms with E-state index in [2.05, 4.69) is 93.4 Å². The van der Waals surface area contributed by atoms with E-state index < -0.39 is 0 Å². The van der Waals surface area contributed by atoms with Crippen molar-refractivity contribution in [2.75, 3.05) is 0 Å². The summed E-state index contributed by atoms with van der Waals surface area (Å²) in [6, 6.07) is 25.6. The van der Waals surface area contributed by atoms with Crippen LogP contribution < -0.4 is 4.46 Å². The van der Waals surface area contributed by atoms with Crippen LogP contribution in [-0.4, -0.2) is 20.6 Å². The van der Waals surface area contributed by atoms with Gasteiger partial charge < -0.3 is 0 Å². The second-order valence-electron chi connectivity index (χ2n) is 4.87. The van der Waals surface area contributed by atoms with Crippen LogP contribution in [0.25, 0.3) is 27.5 Å². The van der Waals surface area contributed by atoms with E-state index >= 15 is 0 Å². The van der Waals surface area contributed by atoms with Gasteiger partial charge in [-0.2, -0.15) is 0 Å². The Morgan fingerprint density at radius 3 is 1.85 bits per heavy atom. The van der Waals surface area contributed by atoms with E-state index in [-0.39, 0.29) is 0 Å². The first kappa shape index (κ1) is 11.8. The molecule has 1 nitrogen and oxygen atoms in total. The summed E-state index contributed by atoms with van der Waals surface area (Å²) in [4.78, 5) is 0. The summed E-state index contributed by atoms with van der Waals surface area (Å²) in [5.74, 6) is 0. The van der Waals surface area contributed by atoms with Gasteiger partial charge in [0, 0.05) is 0 Å². The molecular formula is C18H12NSe. The Labute approximate surface area is 125 Å². The van der Waals surface area contributed by atoms with Crippen molar-refractivity contribution in [2.24, 2.45) is 0 Å². The Balaban J connectivity index is 2.21. The molecule has 1 heterocycles. The number of benzene rings is 3. The van der Waals surface area contributed by atoms with Gasteiger partial charge in [-0.25, -0.2) is 0 Å². The number of para-hydroxylation sites is 2. The van der Waals surface area contributed by atoms with E-state index in [4.69, 9.17) is 0 Å². The molecule has 0 amide bonds. The van der Waals surface area contributed by atoms with Crippen LogP contribution in [0.3, 0.4) is 0 Å². The first-order chi connectivity index (χ1) is 9.84. The molecule has 4 rings (SSSR count). The minimum atomic E-state index is 1.16. The predicted molar refractivity (Wildman–Crippen MR) is 86.2 cm³/mol. The van der Waals surface area contributed by atoms with E-state index in [1.165, 1.54) is 27.5 Å². The molecule has 0 saturated heterocycles. The second kappa shape index (κ2) is 4.52. The van der Waals surface area contributed by atoms with Gasteiger partial charge in [0.2, 0.25) is 0 Å². The van der Waals surface area contributed by atoms with Crippen LogP contribution >= 0.6 is 0 Å². The minimum absolute atomic E-state index is 1.16. The summed E-state index contributed by atoms with van der Waals surface area (Å²) >= 11 is 3.09. The Morgan fingerprint density at radius 2 is 1.25 bits per heavy atom. The number of fused-ring (bicyclic) bond motifs is 3. The van der Waals surface area contributed by atoms with Gasteiger partial charge in [0.1, 0.15) is 0 Å². The molecule has 0 fully saturated rings. The van der Waals surface area contributed by atoms with Crippen LogP contribution in [0.15, 0.2) is 72.8 Å².